The summed E-state index contributed by atoms with van der Waals surface area (Å²) in [6.45, 7) is 0.410. The maximum atomic E-state index is 14.4. The molecule has 0 bridgehead atoms. The van der Waals surface area contributed by atoms with Crippen LogP contribution in [0.1, 0.15) is 5.56 Å². The summed E-state index contributed by atoms with van der Waals surface area (Å²) in [4.78, 5) is 18.2. The number of aromatic nitrogens is 5. The van der Waals surface area contributed by atoms with Gasteiger partial charge in [-0.15, -0.1) is 10.2 Å². The molecule has 2 aromatic carbocycles. The highest BCUT2D eigenvalue weighted by Crippen LogP contribution is 2.29. The molecule has 8 nitrogen and oxygen atoms in total. The van der Waals surface area contributed by atoms with E-state index in [1.807, 2.05) is 30.3 Å². The van der Waals surface area contributed by atoms with Crippen molar-refractivity contribution < 1.29 is 9.31 Å². The van der Waals surface area contributed by atoms with Gasteiger partial charge in [-0.05, 0) is 29.5 Å². The van der Waals surface area contributed by atoms with E-state index < -0.39 is 10.7 Å². The summed E-state index contributed by atoms with van der Waals surface area (Å²) in [6, 6.07) is 16.0. The lowest BCUT2D eigenvalue weighted by molar-refractivity contribution is -0.385. The molecule has 0 saturated heterocycles. The highest BCUT2D eigenvalue weighted by Gasteiger charge is 2.19. The molecule has 0 unspecified atom stereocenters. The molecule has 0 spiro atoms. The van der Waals surface area contributed by atoms with Gasteiger partial charge >= 0.3 is 5.69 Å². The molecule has 2 aromatic heterocycles. The Morgan fingerprint density at radius 2 is 1.69 bits per heavy atom. The molecule has 29 heavy (non-hydrogen) atoms. The van der Waals surface area contributed by atoms with E-state index >= 15 is 0 Å². The molecule has 4 aromatic rings. The molecule has 4 rings (SSSR count). The van der Waals surface area contributed by atoms with Crippen molar-refractivity contribution in [1.82, 2.24) is 24.7 Å². The van der Waals surface area contributed by atoms with Gasteiger partial charge in [-0.3, -0.25) is 14.7 Å². The minimum Gasteiger partial charge on any atom is -0.297 e. The summed E-state index contributed by atoms with van der Waals surface area (Å²) in [5, 5.41) is 19.8. The zero-order valence-electron chi connectivity index (χ0n) is 14.8. The zero-order chi connectivity index (χ0) is 20.2. The molecule has 144 valence electrons. The number of nitro groups is 1. The first-order valence-electron chi connectivity index (χ1n) is 8.48. The lowest BCUT2D eigenvalue weighted by atomic mass is 10.2. The van der Waals surface area contributed by atoms with Gasteiger partial charge < -0.3 is 0 Å². The van der Waals surface area contributed by atoms with Crippen LogP contribution in [-0.4, -0.2) is 29.7 Å². The van der Waals surface area contributed by atoms with Gasteiger partial charge in [-0.2, -0.15) is 0 Å². The first-order chi connectivity index (χ1) is 14.1. The van der Waals surface area contributed by atoms with E-state index in [0.29, 0.717) is 23.1 Å². The SMILES string of the molecule is O=[N+]([O-])c1cnc(Sc2nnc(-c3ccccc3F)n2Cc2ccccc2)nc1. The fourth-order valence-corrected chi connectivity index (χ4v) is 3.37. The van der Waals surface area contributed by atoms with E-state index in [4.69, 9.17) is 0 Å². The van der Waals surface area contributed by atoms with Crippen LogP contribution < -0.4 is 0 Å². The van der Waals surface area contributed by atoms with Crippen LogP contribution in [0, 0.1) is 15.9 Å². The predicted octanol–water partition coefficient (Wildman–Crippen LogP) is 3.98. The molecular weight excluding hydrogens is 395 g/mol. The second-order valence-electron chi connectivity index (χ2n) is 5.94. The predicted molar refractivity (Wildman–Crippen MR) is 104 cm³/mol. The minimum absolute atomic E-state index is 0.202. The molecule has 0 amide bonds. The van der Waals surface area contributed by atoms with E-state index in [-0.39, 0.29) is 10.8 Å². The van der Waals surface area contributed by atoms with Crippen LogP contribution in [-0.2, 0) is 6.54 Å². The molecule has 0 saturated carbocycles. The molecule has 2 heterocycles. The fourth-order valence-electron chi connectivity index (χ4n) is 2.65. The van der Waals surface area contributed by atoms with Crippen LogP contribution >= 0.6 is 11.8 Å². The third-order valence-electron chi connectivity index (χ3n) is 4.02. The van der Waals surface area contributed by atoms with Crippen LogP contribution in [0.4, 0.5) is 10.1 Å². The standard InChI is InChI=1S/C19H13FN6O2S/c20-16-9-5-4-8-15(16)17-23-24-19(25(17)12-13-6-2-1-3-7-13)29-18-21-10-14(11-22-18)26(27)28/h1-11H,12H2. The van der Waals surface area contributed by atoms with Crippen LogP contribution in [0.15, 0.2) is 77.3 Å². The van der Waals surface area contributed by atoms with E-state index in [9.17, 15) is 14.5 Å². The molecule has 0 radical (unpaired) electrons. The van der Waals surface area contributed by atoms with Crippen molar-refractivity contribution in [3.8, 4) is 11.4 Å². The highest BCUT2D eigenvalue weighted by molar-refractivity contribution is 7.99. The zero-order valence-corrected chi connectivity index (χ0v) is 15.7. The number of benzene rings is 2. The van der Waals surface area contributed by atoms with Crippen LogP contribution in [0.5, 0.6) is 0 Å². The van der Waals surface area contributed by atoms with Gasteiger partial charge in [0, 0.05) is 0 Å². The quantitative estimate of drug-likeness (QED) is 0.270. The Morgan fingerprint density at radius 3 is 2.38 bits per heavy atom. The summed E-state index contributed by atoms with van der Waals surface area (Å²) in [6.07, 6.45) is 2.26. The summed E-state index contributed by atoms with van der Waals surface area (Å²) in [5.41, 5.74) is 1.11. The van der Waals surface area contributed by atoms with Crippen molar-refractivity contribution in [1.29, 1.82) is 0 Å². The van der Waals surface area contributed by atoms with E-state index in [1.165, 1.54) is 6.07 Å². The van der Waals surface area contributed by atoms with E-state index in [0.717, 1.165) is 29.7 Å². The second-order valence-corrected chi connectivity index (χ2v) is 6.88. The van der Waals surface area contributed by atoms with Gasteiger partial charge in [0.1, 0.15) is 18.2 Å². The van der Waals surface area contributed by atoms with Crippen molar-refractivity contribution in [3.05, 3.63) is 88.5 Å². The first kappa shape index (κ1) is 18.7. The maximum Gasteiger partial charge on any atom is 0.305 e. The third-order valence-corrected chi connectivity index (χ3v) is 4.90. The molecule has 0 atom stereocenters. The first-order valence-corrected chi connectivity index (χ1v) is 9.30. The molecule has 0 aliphatic carbocycles. The number of hydrogen-bond donors (Lipinski definition) is 0. The fraction of sp³-hybridized carbons (Fsp3) is 0.0526. The number of rotatable bonds is 6. The van der Waals surface area contributed by atoms with Crippen LogP contribution in [0.2, 0.25) is 0 Å². The average molecular weight is 408 g/mol. The normalized spacial score (nSPS) is 10.8. The largest absolute Gasteiger partial charge is 0.305 e. The summed E-state index contributed by atoms with van der Waals surface area (Å²) >= 11 is 1.10. The summed E-state index contributed by atoms with van der Waals surface area (Å²) in [5.74, 6) is -0.0336. The maximum absolute atomic E-state index is 14.4. The Bertz CT molecular complexity index is 1150. The van der Waals surface area contributed by atoms with Gasteiger partial charge in [0.2, 0.25) is 0 Å². The topological polar surface area (TPSA) is 99.6 Å². The van der Waals surface area contributed by atoms with Gasteiger partial charge in [-0.1, -0.05) is 42.5 Å². The van der Waals surface area contributed by atoms with Crippen molar-refractivity contribution in [2.24, 2.45) is 0 Å². The lowest BCUT2D eigenvalue weighted by Gasteiger charge is -2.10. The number of hydrogen-bond acceptors (Lipinski definition) is 7. The van der Waals surface area contributed by atoms with Gasteiger partial charge in [-0.25, -0.2) is 14.4 Å². The lowest BCUT2D eigenvalue weighted by Crippen LogP contribution is -2.05. The van der Waals surface area contributed by atoms with Gasteiger partial charge in [0.25, 0.3) is 0 Å². The number of halogens is 1. The second kappa shape index (κ2) is 8.15. The van der Waals surface area contributed by atoms with Gasteiger partial charge in [0.15, 0.2) is 16.1 Å². The Morgan fingerprint density at radius 1 is 1.00 bits per heavy atom. The van der Waals surface area contributed by atoms with Crippen LogP contribution in [0.25, 0.3) is 11.4 Å². The molecule has 0 fully saturated rings. The number of nitrogens with zero attached hydrogens (tertiary/aromatic N) is 6. The summed E-state index contributed by atoms with van der Waals surface area (Å²) < 4.78 is 16.1. The van der Waals surface area contributed by atoms with E-state index in [2.05, 4.69) is 20.2 Å². The van der Waals surface area contributed by atoms with Crippen LogP contribution in [0.3, 0.4) is 0 Å². The van der Waals surface area contributed by atoms with E-state index in [1.54, 1.807) is 22.8 Å². The monoisotopic (exact) mass is 408 g/mol. The van der Waals surface area contributed by atoms with Crippen molar-refractivity contribution in [2.75, 3.05) is 0 Å². The van der Waals surface area contributed by atoms with Gasteiger partial charge in [0.05, 0.1) is 17.0 Å². The van der Waals surface area contributed by atoms with Crippen molar-refractivity contribution in [2.45, 2.75) is 16.9 Å². The van der Waals surface area contributed by atoms with Crippen molar-refractivity contribution >= 4 is 17.4 Å². The highest BCUT2D eigenvalue weighted by atomic mass is 32.2. The Balaban J connectivity index is 1.73. The third kappa shape index (κ3) is 4.11. The smallest absolute Gasteiger partial charge is 0.297 e. The molecule has 10 heteroatoms. The molecular formula is C19H13FN6O2S. The molecule has 0 N–H and O–H groups in total. The molecule has 0 aliphatic rings. The Hall–Kier alpha value is -3.66. The summed E-state index contributed by atoms with van der Waals surface area (Å²) in [7, 11) is 0. The minimum atomic E-state index is -0.567. The average Bonchev–Trinajstić information content (AvgIpc) is 3.11. The Labute approximate surface area is 168 Å². The molecule has 0 aliphatic heterocycles. The van der Waals surface area contributed by atoms with Crippen molar-refractivity contribution in [3.63, 3.8) is 0 Å². The Kier molecular flexibility index (Phi) is 5.25.